The lowest BCUT2D eigenvalue weighted by atomic mass is 9.65. The van der Waals surface area contributed by atoms with E-state index >= 15 is 0 Å². The fourth-order valence-corrected chi connectivity index (χ4v) is 37.1. The highest BCUT2D eigenvalue weighted by atomic mass is 32.1. The Balaban J connectivity index is 0.405. The first-order valence-electron chi connectivity index (χ1n) is 60.9. The molecule has 8 aromatic carbocycles. The molecule has 0 aliphatic heterocycles. The van der Waals surface area contributed by atoms with Crippen molar-refractivity contribution in [3.63, 3.8) is 0 Å². The quantitative estimate of drug-likeness (QED) is 0.0507. The van der Waals surface area contributed by atoms with E-state index in [2.05, 4.69) is 266 Å². The van der Waals surface area contributed by atoms with Crippen molar-refractivity contribution < 1.29 is 0 Å². The van der Waals surface area contributed by atoms with Gasteiger partial charge >= 0.3 is 0 Å². The van der Waals surface area contributed by atoms with Crippen LogP contribution in [0.1, 0.15) is 377 Å². The average Bonchev–Trinajstić information content (AvgIpc) is 0.909. The predicted molar refractivity (Wildman–Crippen MR) is 612 cm³/mol. The van der Waals surface area contributed by atoms with Crippen LogP contribution >= 0.6 is 22.7 Å². The van der Waals surface area contributed by atoms with Crippen molar-refractivity contribution in [2.45, 2.75) is 444 Å². The van der Waals surface area contributed by atoms with Crippen LogP contribution < -0.4 is 9.80 Å². The number of hydrogen-bond acceptors (Lipinski definition) is 8. The smallest absolute Gasteiger partial charge is 0.0462 e. The SMILES string of the molecule is c1ccc(-c2ccc(-c3ccc(N(c4ccccc4)c4ccc(-c5ccc(N(c6ccc(-c7ccc(-c8ccccc8)s7)cc6)c6ccc(C7CCC(N(C8CCCCC8)C8CCC(C9CCC(N(C%10CCC(C%11CCC(N(C%12CCC(C%13CCC(N(C%14CCCCC%14)C%14CCCCC%14)CC%13)CC%12)C%12CCCC%13CCCCC%13%12)CC%11)CC%10)C%10CCCC%11CCCCC%11%10)CC9)CC8)CC7)cc6)cc5)cc4)cc3)s2)cc1. The van der Waals surface area contributed by atoms with Gasteiger partial charge in [-0.1, -0.05) is 262 Å². The van der Waals surface area contributed by atoms with E-state index in [-0.39, 0.29) is 0 Å². The second kappa shape index (κ2) is 47.0. The number of fused-ring (bicyclic) bond motifs is 2. The van der Waals surface area contributed by atoms with Crippen LogP contribution in [0.25, 0.3) is 52.9 Å². The van der Waals surface area contributed by atoms with Crippen molar-refractivity contribution in [1.82, 2.24) is 19.6 Å². The molecule has 8 heteroatoms. The molecular formula is C136H176N6S2. The molecule has 762 valence electrons. The fraction of sp³-hybridized carbons (Fsp3) is 0.588. The molecule has 14 aliphatic rings. The topological polar surface area (TPSA) is 19.4 Å². The fourth-order valence-electron chi connectivity index (χ4n) is 35.1. The highest BCUT2D eigenvalue weighted by Gasteiger charge is 2.50. The zero-order valence-corrected chi connectivity index (χ0v) is 89.7. The van der Waals surface area contributed by atoms with Crippen molar-refractivity contribution in [2.24, 2.45) is 59.2 Å². The van der Waals surface area contributed by atoms with Crippen molar-refractivity contribution in [3.05, 3.63) is 242 Å². The summed E-state index contributed by atoms with van der Waals surface area (Å²) in [5.74, 6) is 10.6. The summed E-state index contributed by atoms with van der Waals surface area (Å²) >= 11 is 3.73. The van der Waals surface area contributed by atoms with Crippen LogP contribution in [-0.4, -0.2) is 92.1 Å². The molecular weight excluding hydrogens is 1780 g/mol. The van der Waals surface area contributed by atoms with Gasteiger partial charge in [-0.15, -0.1) is 22.7 Å². The van der Waals surface area contributed by atoms with Crippen LogP contribution in [0, 0.1) is 59.2 Å². The highest BCUT2D eigenvalue weighted by Crippen LogP contribution is 2.56. The third-order valence-corrected chi connectivity index (χ3v) is 44.7. The van der Waals surface area contributed by atoms with Gasteiger partial charge in [-0.2, -0.15) is 0 Å². The molecule has 14 aliphatic carbocycles. The molecule has 0 radical (unpaired) electrons. The van der Waals surface area contributed by atoms with E-state index in [9.17, 15) is 0 Å². The number of rotatable bonds is 27. The summed E-state index contributed by atoms with van der Waals surface area (Å²) in [4.78, 5) is 23.5. The monoisotopic (exact) mass is 1960 g/mol. The van der Waals surface area contributed by atoms with E-state index in [1.807, 2.05) is 22.7 Å². The van der Waals surface area contributed by atoms with Crippen molar-refractivity contribution in [2.75, 3.05) is 9.80 Å². The molecule has 2 heterocycles. The minimum absolute atomic E-state index is 0.605. The lowest BCUT2D eigenvalue weighted by Crippen LogP contribution is -2.57. The number of hydrogen-bond donors (Lipinski definition) is 0. The van der Waals surface area contributed by atoms with E-state index in [0.717, 1.165) is 154 Å². The van der Waals surface area contributed by atoms with Crippen molar-refractivity contribution in [3.8, 4) is 52.9 Å². The summed E-state index contributed by atoms with van der Waals surface area (Å²) in [6.45, 7) is 0. The number of para-hydroxylation sites is 1. The Labute approximate surface area is 878 Å². The number of benzene rings is 8. The molecule has 0 N–H and O–H groups in total. The predicted octanol–water partition coefficient (Wildman–Crippen LogP) is 38.4. The second-order valence-electron chi connectivity index (χ2n) is 49.8. The molecule has 14 saturated carbocycles. The van der Waals surface area contributed by atoms with Gasteiger partial charge in [0.2, 0.25) is 0 Å². The highest BCUT2D eigenvalue weighted by molar-refractivity contribution is 7.19. The van der Waals surface area contributed by atoms with Gasteiger partial charge in [-0.3, -0.25) is 19.6 Å². The lowest BCUT2D eigenvalue weighted by molar-refractivity contribution is -0.0534. The van der Waals surface area contributed by atoms with E-state index in [0.29, 0.717) is 5.92 Å². The maximum absolute atomic E-state index is 3.47. The van der Waals surface area contributed by atoms with Crippen LogP contribution in [0.3, 0.4) is 0 Å². The molecule has 0 amide bonds. The molecule has 144 heavy (non-hydrogen) atoms. The molecule has 2 aromatic heterocycles. The Hall–Kier alpha value is -7.40. The molecule has 24 rings (SSSR count). The van der Waals surface area contributed by atoms with Gasteiger partial charge in [0.15, 0.2) is 0 Å². The van der Waals surface area contributed by atoms with Crippen LogP contribution in [0.4, 0.5) is 34.1 Å². The maximum Gasteiger partial charge on any atom is 0.0462 e. The Kier molecular flexibility index (Phi) is 32.2. The van der Waals surface area contributed by atoms with E-state index in [4.69, 9.17) is 0 Å². The van der Waals surface area contributed by atoms with Crippen molar-refractivity contribution in [1.29, 1.82) is 0 Å². The van der Waals surface area contributed by atoms with Gasteiger partial charge in [0.25, 0.3) is 0 Å². The largest absolute Gasteiger partial charge is 0.311 e. The van der Waals surface area contributed by atoms with Gasteiger partial charge in [-0.25, -0.2) is 0 Å². The van der Waals surface area contributed by atoms with Gasteiger partial charge in [0, 0.05) is 126 Å². The van der Waals surface area contributed by atoms with Gasteiger partial charge in [0.1, 0.15) is 0 Å². The Bertz CT molecular complexity index is 5540. The normalized spacial score (nSPS) is 31.0. The molecule has 0 bridgehead atoms. The first-order chi connectivity index (χ1) is 71.4. The van der Waals surface area contributed by atoms with Gasteiger partial charge in [-0.05, 0) is 445 Å². The van der Waals surface area contributed by atoms with E-state index in [1.165, 1.54) is 346 Å². The molecule has 0 spiro atoms. The van der Waals surface area contributed by atoms with Crippen LogP contribution in [0.2, 0.25) is 0 Å². The van der Waals surface area contributed by atoms with Gasteiger partial charge in [0.05, 0.1) is 0 Å². The first kappa shape index (κ1) is 98.6. The number of nitrogens with zero attached hydrogens (tertiary/aromatic N) is 6. The third kappa shape index (κ3) is 22.2. The minimum atomic E-state index is 0.605. The number of thiophene rings is 2. The van der Waals surface area contributed by atoms with Gasteiger partial charge < -0.3 is 9.80 Å². The third-order valence-electron chi connectivity index (χ3n) is 42.3. The van der Waals surface area contributed by atoms with Crippen LogP contribution in [-0.2, 0) is 0 Å². The molecule has 14 fully saturated rings. The maximum atomic E-state index is 3.47. The lowest BCUT2D eigenvalue weighted by Gasteiger charge is -2.55. The zero-order valence-electron chi connectivity index (χ0n) is 88.1. The summed E-state index contributed by atoms with van der Waals surface area (Å²) < 4.78 is 0. The Morgan fingerprint density at radius 3 is 0.688 bits per heavy atom. The van der Waals surface area contributed by atoms with Crippen LogP contribution in [0.5, 0.6) is 0 Å². The zero-order chi connectivity index (χ0) is 95.9. The minimum Gasteiger partial charge on any atom is -0.311 e. The Morgan fingerprint density at radius 1 is 0.153 bits per heavy atom. The molecule has 10 aromatic rings. The standard InChI is InChI=1S/C136H176N6S2/c1-7-27-109(28-8-1)133-93-95-135(143-133)111-65-89-123(90-66-111)139(116-39-17-6-18-40-116)120-75-49-98(50-76-120)100-55-79-122(80-56-100)140(124-91-67-112(68-92-124)136-96-94-134(144-136)110-29-9-2-10-30-110)121-77-53-99(54-78-121)97-47-71-118(72-48-97)138(115-37-15-5-16-38-115)119-73-51-102(52-74-119)104-59-83-126(84-60-104)142(132-44-24-32-108-26-20-22-42-130(108)132)128-87-63-106(64-88-128)105-61-85-127(86-62-105)141(131-43-23-31-107-25-19-21-41-129(107)131)125-81-57-103(58-82-125)101-45-69-117(70-46-101)137(113-33-11-3-12-34-113)114-35-13-4-14-36-114/h1-2,6-10,17-18,27-30,39-40,49-50,53-56,65-68,75-80,89-97,101-108,113-115,117-119,125-132H,3-5,11-16,19-26,31-38,41-48,51-52,57-64,69-74,81-88H2. The summed E-state index contributed by atoms with van der Waals surface area (Å²) in [6.07, 6.45) is 85.6. The van der Waals surface area contributed by atoms with Crippen LogP contribution in [0.15, 0.2) is 237 Å². The summed E-state index contributed by atoms with van der Waals surface area (Å²) in [6, 6.07) is 98.8. The Morgan fingerprint density at radius 2 is 0.382 bits per heavy atom. The summed E-state index contributed by atoms with van der Waals surface area (Å²) in [5, 5.41) is 0. The first-order valence-corrected chi connectivity index (χ1v) is 62.6. The molecule has 0 saturated heterocycles. The second-order valence-corrected chi connectivity index (χ2v) is 52.0. The van der Waals surface area contributed by atoms with E-state index < -0.39 is 0 Å². The summed E-state index contributed by atoms with van der Waals surface area (Å²) in [7, 11) is 0. The molecule has 6 atom stereocenters. The summed E-state index contributed by atoms with van der Waals surface area (Å²) in [5.41, 5.74) is 15.9. The molecule has 6 nitrogen and oxygen atoms in total. The van der Waals surface area contributed by atoms with E-state index in [1.54, 1.807) is 89.9 Å². The average molecular weight is 1960 g/mol. The molecule has 6 unspecified atom stereocenters. The number of anilines is 6. The van der Waals surface area contributed by atoms with Crippen molar-refractivity contribution >= 4 is 56.8 Å².